The monoisotopic (exact) mass is 316 g/mol. The normalized spacial score (nSPS) is 26.3. The summed E-state index contributed by atoms with van der Waals surface area (Å²) in [6.07, 6.45) is 7.96. The van der Waals surface area contributed by atoms with Gasteiger partial charge in [-0.2, -0.15) is 0 Å². The number of hydrogen-bond donors (Lipinski definition) is 2. The predicted molar refractivity (Wildman–Crippen MR) is 90.8 cm³/mol. The molecule has 0 unspecified atom stereocenters. The number of nitrogens with one attached hydrogen (secondary N) is 1. The molecule has 4 heteroatoms. The minimum Gasteiger partial charge on any atom is -0.389 e. The molecule has 23 heavy (non-hydrogen) atoms. The Morgan fingerprint density at radius 2 is 2.17 bits per heavy atom. The molecule has 1 heterocycles. The summed E-state index contributed by atoms with van der Waals surface area (Å²) in [5.74, 6) is 1.54. The van der Waals surface area contributed by atoms with Gasteiger partial charge in [0, 0.05) is 25.5 Å². The average molecular weight is 316 g/mol. The minimum atomic E-state index is -0.469. The van der Waals surface area contributed by atoms with E-state index in [-0.39, 0.29) is 0 Å². The predicted octanol–water partition coefficient (Wildman–Crippen LogP) is 2.54. The molecular weight excluding hydrogens is 288 g/mol. The van der Waals surface area contributed by atoms with E-state index in [1.807, 2.05) is 12.1 Å². The molecular formula is C19H28N2O2. The Morgan fingerprint density at radius 3 is 2.87 bits per heavy atom. The zero-order valence-electron chi connectivity index (χ0n) is 14.2. The van der Waals surface area contributed by atoms with Crippen LogP contribution in [0.2, 0.25) is 0 Å². The number of allylic oxidation sites excluding steroid dienone is 1. The van der Waals surface area contributed by atoms with Crippen LogP contribution in [0.3, 0.4) is 0 Å². The van der Waals surface area contributed by atoms with Gasteiger partial charge in [0.2, 0.25) is 0 Å². The molecule has 2 N–H and O–H groups in total. The molecule has 1 aromatic heterocycles. The van der Waals surface area contributed by atoms with E-state index in [0.29, 0.717) is 31.1 Å². The molecule has 126 valence electrons. The van der Waals surface area contributed by atoms with Crippen LogP contribution < -0.4 is 5.32 Å². The number of nitrogens with zero attached hydrogens (tertiary/aromatic N) is 1. The van der Waals surface area contributed by atoms with Crippen molar-refractivity contribution in [2.24, 2.45) is 17.3 Å². The minimum absolute atomic E-state index is 0.386. The highest BCUT2D eigenvalue weighted by Gasteiger charge is 2.50. The molecule has 4 nitrogen and oxygen atoms in total. The molecule has 0 aliphatic heterocycles. The fourth-order valence-electron chi connectivity index (χ4n) is 3.90. The van der Waals surface area contributed by atoms with Gasteiger partial charge in [0.25, 0.3) is 0 Å². The lowest BCUT2D eigenvalue weighted by molar-refractivity contribution is -0.0235. The maximum absolute atomic E-state index is 10.0. The molecule has 4 rings (SSSR count). The summed E-state index contributed by atoms with van der Waals surface area (Å²) in [5, 5.41) is 13.3. The van der Waals surface area contributed by atoms with Gasteiger partial charge < -0.3 is 15.2 Å². The second-order valence-corrected chi connectivity index (χ2v) is 7.48. The fraction of sp³-hybridized carbons (Fsp3) is 0.632. The van der Waals surface area contributed by atoms with Crippen LogP contribution in [0.1, 0.15) is 32.3 Å². The summed E-state index contributed by atoms with van der Waals surface area (Å²) in [4.78, 5) is 3.99. The lowest BCUT2D eigenvalue weighted by Gasteiger charge is -2.56. The van der Waals surface area contributed by atoms with E-state index in [9.17, 15) is 5.11 Å². The van der Waals surface area contributed by atoms with Crippen molar-refractivity contribution >= 4 is 0 Å². The number of fused-ring (bicyclic) bond motifs is 1. The van der Waals surface area contributed by atoms with Crippen LogP contribution in [0.4, 0.5) is 0 Å². The summed E-state index contributed by atoms with van der Waals surface area (Å²) in [6, 6.07) is 3.94. The fourth-order valence-corrected chi connectivity index (χ4v) is 3.90. The Bertz CT molecular complexity index is 542. The summed E-state index contributed by atoms with van der Waals surface area (Å²) < 4.78 is 5.76. The van der Waals surface area contributed by atoms with Gasteiger partial charge in [0.1, 0.15) is 0 Å². The molecule has 0 amide bonds. The Balaban J connectivity index is 1.32. The second kappa shape index (κ2) is 7.12. The Hall–Kier alpha value is -1.23. The molecule has 3 aliphatic carbocycles. The highest BCUT2D eigenvalue weighted by molar-refractivity contribution is 5.23. The second-order valence-electron chi connectivity index (χ2n) is 7.48. The van der Waals surface area contributed by atoms with Crippen LogP contribution in [-0.2, 0) is 11.3 Å². The van der Waals surface area contributed by atoms with Crippen molar-refractivity contribution in [1.82, 2.24) is 10.3 Å². The highest BCUT2D eigenvalue weighted by Crippen LogP contribution is 2.59. The van der Waals surface area contributed by atoms with Crippen LogP contribution in [-0.4, -0.2) is 36.0 Å². The average Bonchev–Trinajstić information content (AvgIpc) is 2.56. The van der Waals surface area contributed by atoms with E-state index in [1.54, 1.807) is 12.4 Å². The van der Waals surface area contributed by atoms with Crippen molar-refractivity contribution in [3.05, 3.63) is 41.7 Å². The number of hydrogen-bond acceptors (Lipinski definition) is 4. The van der Waals surface area contributed by atoms with E-state index >= 15 is 0 Å². The van der Waals surface area contributed by atoms with Crippen LogP contribution in [0.25, 0.3) is 0 Å². The van der Waals surface area contributed by atoms with Gasteiger partial charge in [-0.1, -0.05) is 19.9 Å². The zero-order chi connectivity index (χ0) is 16.3. The van der Waals surface area contributed by atoms with Gasteiger partial charge in [-0.15, -0.1) is 0 Å². The van der Waals surface area contributed by atoms with E-state index in [2.05, 4.69) is 30.2 Å². The van der Waals surface area contributed by atoms with Crippen LogP contribution in [0.5, 0.6) is 0 Å². The SMILES string of the molecule is CC1(C)[C@H]2CC=C(COC[C@@H](O)CNCc3ccncc3)[C@H]1C2. The van der Waals surface area contributed by atoms with Crippen LogP contribution in [0, 0.1) is 17.3 Å². The molecule has 1 saturated carbocycles. The lowest BCUT2D eigenvalue weighted by atomic mass is 9.49. The summed E-state index contributed by atoms with van der Waals surface area (Å²) >= 11 is 0. The topological polar surface area (TPSA) is 54.4 Å². The van der Waals surface area contributed by atoms with Crippen molar-refractivity contribution < 1.29 is 9.84 Å². The largest absolute Gasteiger partial charge is 0.389 e. The van der Waals surface area contributed by atoms with Crippen molar-refractivity contribution in [2.45, 2.75) is 39.3 Å². The third kappa shape index (κ3) is 3.82. The molecule has 3 aliphatic rings. The third-order valence-electron chi connectivity index (χ3n) is 5.62. The third-order valence-corrected chi connectivity index (χ3v) is 5.62. The number of aromatic nitrogens is 1. The van der Waals surface area contributed by atoms with Gasteiger partial charge in [-0.3, -0.25) is 4.98 Å². The highest BCUT2D eigenvalue weighted by atomic mass is 16.5. The van der Waals surface area contributed by atoms with E-state index < -0.39 is 6.10 Å². The van der Waals surface area contributed by atoms with Crippen molar-refractivity contribution in [2.75, 3.05) is 19.8 Å². The van der Waals surface area contributed by atoms with Gasteiger partial charge in [0.15, 0.2) is 0 Å². The quantitative estimate of drug-likeness (QED) is 0.724. The van der Waals surface area contributed by atoms with E-state index in [4.69, 9.17) is 4.74 Å². The summed E-state index contributed by atoms with van der Waals surface area (Å²) in [7, 11) is 0. The van der Waals surface area contributed by atoms with Crippen LogP contribution in [0.15, 0.2) is 36.2 Å². The van der Waals surface area contributed by atoms with Crippen LogP contribution >= 0.6 is 0 Å². The summed E-state index contributed by atoms with van der Waals surface area (Å²) in [6.45, 7) is 7.08. The van der Waals surface area contributed by atoms with Crippen molar-refractivity contribution in [3.63, 3.8) is 0 Å². The molecule has 0 spiro atoms. The standard InChI is InChI=1S/C19H28N2O2/c1-19(2)16-4-3-15(18(19)9-16)12-23-13-17(22)11-21-10-14-5-7-20-8-6-14/h3,5-8,16-18,21-22H,4,9-13H2,1-2H3/t16-,17-,18+/m0/s1. The molecule has 0 aromatic carbocycles. The Kier molecular flexibility index (Phi) is 5.14. The molecule has 0 radical (unpaired) electrons. The first kappa shape index (κ1) is 16.6. The molecule has 2 bridgehead atoms. The number of aliphatic hydroxyl groups excluding tert-OH is 1. The molecule has 3 atom stereocenters. The lowest BCUT2D eigenvalue weighted by Crippen LogP contribution is -2.48. The Labute approximate surface area is 139 Å². The molecule has 0 saturated heterocycles. The maximum atomic E-state index is 10.0. The first-order valence-electron chi connectivity index (χ1n) is 8.61. The summed E-state index contributed by atoms with van der Waals surface area (Å²) in [5.41, 5.74) is 3.05. The van der Waals surface area contributed by atoms with Crippen molar-refractivity contribution in [3.8, 4) is 0 Å². The first-order chi connectivity index (χ1) is 11.1. The van der Waals surface area contributed by atoms with E-state index in [0.717, 1.165) is 12.5 Å². The Morgan fingerprint density at radius 1 is 1.39 bits per heavy atom. The van der Waals surface area contributed by atoms with E-state index in [1.165, 1.54) is 24.0 Å². The smallest absolute Gasteiger partial charge is 0.0897 e. The number of ether oxygens (including phenoxy) is 1. The maximum Gasteiger partial charge on any atom is 0.0897 e. The number of aliphatic hydroxyl groups is 1. The van der Waals surface area contributed by atoms with Crippen molar-refractivity contribution in [1.29, 1.82) is 0 Å². The van der Waals surface area contributed by atoms with Gasteiger partial charge in [-0.05, 0) is 53.4 Å². The first-order valence-corrected chi connectivity index (χ1v) is 8.61. The zero-order valence-corrected chi connectivity index (χ0v) is 14.2. The molecule has 1 aromatic rings. The van der Waals surface area contributed by atoms with Gasteiger partial charge in [0.05, 0.1) is 19.3 Å². The van der Waals surface area contributed by atoms with Gasteiger partial charge >= 0.3 is 0 Å². The van der Waals surface area contributed by atoms with Gasteiger partial charge in [-0.25, -0.2) is 0 Å². The number of pyridine rings is 1. The molecule has 1 fully saturated rings. The number of rotatable bonds is 8.